The van der Waals surface area contributed by atoms with E-state index in [1.807, 2.05) is 0 Å². The number of aromatic nitrogens is 4. The van der Waals surface area contributed by atoms with Crippen LogP contribution in [0.2, 0.25) is 0 Å². The quantitative estimate of drug-likeness (QED) is 0.878. The molecule has 0 aromatic carbocycles. The predicted molar refractivity (Wildman–Crippen MR) is 88.4 cm³/mol. The van der Waals surface area contributed by atoms with Gasteiger partial charge in [-0.15, -0.1) is 0 Å². The molecule has 1 aliphatic carbocycles. The number of hydrogen-bond donors (Lipinski definition) is 1. The molecule has 0 unspecified atom stereocenters. The minimum absolute atomic E-state index is 0.226. The molecule has 0 saturated heterocycles. The Labute approximate surface area is 141 Å². The summed E-state index contributed by atoms with van der Waals surface area (Å²) in [6, 6.07) is 1.56. The second-order valence-corrected chi connectivity index (χ2v) is 6.76. The van der Waals surface area contributed by atoms with Crippen molar-refractivity contribution in [2.75, 3.05) is 12.4 Å². The number of urea groups is 1. The Morgan fingerprint density at radius 3 is 2.96 bits per heavy atom. The monoisotopic (exact) mass is 332 g/mol. The summed E-state index contributed by atoms with van der Waals surface area (Å²) in [6.45, 7) is 5.27. The first-order chi connectivity index (χ1) is 11.5. The van der Waals surface area contributed by atoms with Crippen LogP contribution in [0.4, 0.5) is 10.6 Å². The van der Waals surface area contributed by atoms with E-state index in [0.717, 1.165) is 19.4 Å². The van der Waals surface area contributed by atoms with Crippen LogP contribution in [-0.2, 0) is 13.1 Å². The molecule has 1 N–H and O–H groups in total. The van der Waals surface area contributed by atoms with E-state index in [4.69, 9.17) is 4.52 Å². The first-order valence-corrected chi connectivity index (χ1v) is 8.39. The molecule has 2 amide bonds. The van der Waals surface area contributed by atoms with Gasteiger partial charge in [0, 0.05) is 25.6 Å². The first kappa shape index (κ1) is 16.5. The highest BCUT2D eigenvalue weighted by molar-refractivity contribution is 5.88. The zero-order valence-corrected chi connectivity index (χ0v) is 14.4. The summed E-state index contributed by atoms with van der Waals surface area (Å²) >= 11 is 0. The van der Waals surface area contributed by atoms with Crippen molar-refractivity contribution in [3.8, 4) is 0 Å². The van der Waals surface area contributed by atoms with Gasteiger partial charge in [0.15, 0.2) is 5.82 Å². The molecule has 1 aliphatic rings. The standard InChI is InChI=1S/C16H24N6O2/c1-11(2)9-22-14(7-8-17-22)19-16(23)21(3)10-13-18-15(24-20-13)12-5-4-6-12/h7-8,11-12H,4-6,9-10H2,1-3H3,(H,19,23). The topological polar surface area (TPSA) is 89.1 Å². The Balaban J connectivity index is 1.56. The van der Waals surface area contributed by atoms with E-state index in [-0.39, 0.29) is 6.03 Å². The van der Waals surface area contributed by atoms with E-state index >= 15 is 0 Å². The fraction of sp³-hybridized carbons (Fsp3) is 0.625. The summed E-state index contributed by atoms with van der Waals surface area (Å²) in [5.74, 6) is 2.76. The largest absolute Gasteiger partial charge is 0.339 e. The second-order valence-electron chi connectivity index (χ2n) is 6.76. The van der Waals surface area contributed by atoms with Gasteiger partial charge in [-0.05, 0) is 18.8 Å². The van der Waals surface area contributed by atoms with Crippen molar-refractivity contribution in [2.45, 2.75) is 52.1 Å². The first-order valence-electron chi connectivity index (χ1n) is 8.39. The van der Waals surface area contributed by atoms with Gasteiger partial charge in [-0.25, -0.2) is 9.48 Å². The van der Waals surface area contributed by atoms with Crippen LogP contribution in [0.15, 0.2) is 16.8 Å². The number of amides is 2. The zero-order valence-electron chi connectivity index (χ0n) is 14.4. The van der Waals surface area contributed by atoms with Gasteiger partial charge in [0.25, 0.3) is 0 Å². The van der Waals surface area contributed by atoms with Gasteiger partial charge in [0.2, 0.25) is 5.89 Å². The van der Waals surface area contributed by atoms with Gasteiger partial charge in [-0.1, -0.05) is 25.4 Å². The minimum Gasteiger partial charge on any atom is -0.339 e. The average Bonchev–Trinajstić information content (AvgIpc) is 3.07. The van der Waals surface area contributed by atoms with Crippen LogP contribution in [0.25, 0.3) is 0 Å². The number of carbonyl (C=O) groups is 1. The third kappa shape index (κ3) is 3.74. The molecule has 0 spiro atoms. The summed E-state index contributed by atoms with van der Waals surface area (Å²) in [5, 5.41) is 11.1. The van der Waals surface area contributed by atoms with E-state index in [0.29, 0.717) is 35.9 Å². The highest BCUT2D eigenvalue weighted by Crippen LogP contribution is 2.35. The number of nitrogens with one attached hydrogen (secondary N) is 1. The van der Waals surface area contributed by atoms with Crippen LogP contribution in [0.1, 0.15) is 50.7 Å². The minimum atomic E-state index is -0.226. The normalized spacial score (nSPS) is 14.7. The zero-order chi connectivity index (χ0) is 17.1. The summed E-state index contributed by atoms with van der Waals surface area (Å²) in [5.41, 5.74) is 0. The van der Waals surface area contributed by atoms with Crippen molar-refractivity contribution in [3.05, 3.63) is 24.0 Å². The van der Waals surface area contributed by atoms with Crippen molar-refractivity contribution in [2.24, 2.45) is 5.92 Å². The summed E-state index contributed by atoms with van der Waals surface area (Å²) in [4.78, 5) is 18.3. The Bertz CT molecular complexity index is 688. The number of nitrogens with zero attached hydrogens (tertiary/aromatic N) is 5. The molecule has 1 fully saturated rings. The maximum Gasteiger partial charge on any atom is 0.323 e. The molecule has 130 valence electrons. The van der Waals surface area contributed by atoms with Gasteiger partial charge in [0.05, 0.1) is 12.7 Å². The molecule has 2 heterocycles. The van der Waals surface area contributed by atoms with E-state index in [9.17, 15) is 4.79 Å². The van der Waals surface area contributed by atoms with Crippen LogP contribution in [-0.4, -0.2) is 37.9 Å². The molecule has 0 aliphatic heterocycles. The Hall–Kier alpha value is -2.38. The van der Waals surface area contributed by atoms with E-state index in [1.165, 1.54) is 11.3 Å². The fourth-order valence-electron chi connectivity index (χ4n) is 2.57. The third-order valence-corrected chi connectivity index (χ3v) is 4.15. The van der Waals surface area contributed by atoms with Crippen molar-refractivity contribution >= 4 is 11.8 Å². The number of hydrogen-bond acceptors (Lipinski definition) is 5. The van der Waals surface area contributed by atoms with Gasteiger partial charge in [0.1, 0.15) is 5.82 Å². The second kappa shape index (κ2) is 7.02. The summed E-state index contributed by atoms with van der Waals surface area (Å²) in [6.07, 6.45) is 5.12. The molecule has 0 atom stereocenters. The SMILES string of the molecule is CC(C)Cn1nccc1NC(=O)N(C)Cc1noc(C2CCC2)n1. The highest BCUT2D eigenvalue weighted by atomic mass is 16.5. The van der Waals surface area contributed by atoms with Crippen LogP contribution in [0.3, 0.4) is 0 Å². The van der Waals surface area contributed by atoms with Gasteiger partial charge >= 0.3 is 6.03 Å². The summed E-state index contributed by atoms with van der Waals surface area (Å²) < 4.78 is 7.08. The maximum absolute atomic E-state index is 12.3. The lowest BCUT2D eigenvalue weighted by Crippen LogP contribution is -2.32. The molecule has 1 saturated carbocycles. The van der Waals surface area contributed by atoms with Crippen LogP contribution in [0, 0.1) is 5.92 Å². The molecule has 24 heavy (non-hydrogen) atoms. The molecule has 0 bridgehead atoms. The number of rotatable bonds is 6. The van der Waals surface area contributed by atoms with Crippen LogP contribution >= 0.6 is 0 Å². The predicted octanol–water partition coefficient (Wildman–Crippen LogP) is 2.85. The lowest BCUT2D eigenvalue weighted by Gasteiger charge is -2.20. The lowest BCUT2D eigenvalue weighted by atomic mass is 9.85. The fourth-order valence-corrected chi connectivity index (χ4v) is 2.57. The molecule has 2 aromatic rings. The summed E-state index contributed by atoms with van der Waals surface area (Å²) in [7, 11) is 1.71. The van der Waals surface area contributed by atoms with Gasteiger partial charge in [-0.3, -0.25) is 5.32 Å². The number of anilines is 1. The van der Waals surface area contributed by atoms with Gasteiger partial charge in [-0.2, -0.15) is 10.1 Å². The van der Waals surface area contributed by atoms with Crippen molar-refractivity contribution in [3.63, 3.8) is 0 Å². The molecular formula is C16H24N6O2. The van der Waals surface area contributed by atoms with E-state index in [1.54, 1.807) is 24.0 Å². The highest BCUT2D eigenvalue weighted by Gasteiger charge is 2.25. The third-order valence-electron chi connectivity index (χ3n) is 4.15. The van der Waals surface area contributed by atoms with Crippen molar-refractivity contribution in [1.82, 2.24) is 24.8 Å². The van der Waals surface area contributed by atoms with Gasteiger partial charge < -0.3 is 9.42 Å². The maximum atomic E-state index is 12.3. The average molecular weight is 332 g/mol. The smallest absolute Gasteiger partial charge is 0.323 e. The van der Waals surface area contributed by atoms with Crippen molar-refractivity contribution in [1.29, 1.82) is 0 Å². The van der Waals surface area contributed by atoms with E-state index in [2.05, 4.69) is 34.4 Å². The molecular weight excluding hydrogens is 308 g/mol. The molecule has 8 heteroatoms. The number of carbonyl (C=O) groups excluding carboxylic acids is 1. The van der Waals surface area contributed by atoms with Crippen LogP contribution < -0.4 is 5.32 Å². The Morgan fingerprint density at radius 1 is 1.50 bits per heavy atom. The van der Waals surface area contributed by atoms with Crippen molar-refractivity contribution < 1.29 is 9.32 Å². The molecule has 0 radical (unpaired) electrons. The Kier molecular flexibility index (Phi) is 4.82. The Morgan fingerprint density at radius 2 is 2.29 bits per heavy atom. The van der Waals surface area contributed by atoms with E-state index < -0.39 is 0 Å². The molecule has 3 rings (SSSR count). The molecule has 2 aromatic heterocycles. The lowest BCUT2D eigenvalue weighted by molar-refractivity contribution is 0.218. The van der Waals surface area contributed by atoms with Crippen LogP contribution in [0.5, 0.6) is 0 Å². The molecule has 8 nitrogen and oxygen atoms in total.